The van der Waals surface area contributed by atoms with Crippen molar-refractivity contribution in [3.8, 4) is 0 Å². The van der Waals surface area contributed by atoms with E-state index in [2.05, 4.69) is 22.6 Å². The number of hydrogen-bond acceptors (Lipinski definition) is 2. The van der Waals surface area contributed by atoms with Crippen LogP contribution in [0.1, 0.15) is 18.2 Å². The lowest BCUT2D eigenvalue weighted by molar-refractivity contribution is 1.26. The van der Waals surface area contributed by atoms with Crippen LogP contribution in [0.5, 0.6) is 0 Å². The second-order valence-electron chi connectivity index (χ2n) is 3.18. The molecule has 2 rings (SSSR count). The molecular formula is C13H12N2. The molecule has 1 aliphatic rings. The van der Waals surface area contributed by atoms with Crippen molar-refractivity contribution in [3.63, 3.8) is 0 Å². The van der Waals surface area contributed by atoms with Crippen molar-refractivity contribution in [1.29, 1.82) is 0 Å². The van der Waals surface area contributed by atoms with E-state index in [1.165, 1.54) is 0 Å². The van der Waals surface area contributed by atoms with E-state index in [9.17, 15) is 0 Å². The molecule has 0 radical (unpaired) electrons. The zero-order valence-corrected chi connectivity index (χ0v) is 8.64. The molecule has 1 aliphatic carbocycles. The highest BCUT2D eigenvalue weighted by Gasteiger charge is 2.15. The van der Waals surface area contributed by atoms with Crippen LogP contribution in [-0.2, 0) is 0 Å². The zero-order valence-electron chi connectivity index (χ0n) is 8.64. The molecule has 0 aliphatic heterocycles. The van der Waals surface area contributed by atoms with Gasteiger partial charge in [0.15, 0.2) is 0 Å². The maximum Gasteiger partial charge on any atom is 0.0964 e. The summed E-state index contributed by atoms with van der Waals surface area (Å²) in [4.78, 5) is 8.62. The summed E-state index contributed by atoms with van der Waals surface area (Å²) in [5, 5.41) is 0. The first-order chi connectivity index (χ1) is 7.36. The number of fused-ring (bicyclic) bond motifs is 1. The fourth-order valence-electron chi connectivity index (χ4n) is 1.61. The Morgan fingerprint density at radius 2 is 2.27 bits per heavy atom. The Morgan fingerprint density at radius 3 is 3.00 bits per heavy atom. The summed E-state index contributed by atoms with van der Waals surface area (Å²) in [5.41, 5.74) is 4.00. The Hall–Kier alpha value is -1.96. The van der Waals surface area contributed by atoms with Crippen LogP contribution in [0.4, 0.5) is 0 Å². The molecule has 2 heteroatoms. The van der Waals surface area contributed by atoms with Crippen molar-refractivity contribution < 1.29 is 0 Å². The Morgan fingerprint density at radius 1 is 1.40 bits per heavy atom. The molecule has 0 amide bonds. The molecule has 1 heterocycles. The molecule has 0 N–H and O–H groups in total. The predicted molar refractivity (Wildman–Crippen MR) is 63.8 cm³/mol. The lowest BCUT2D eigenvalue weighted by Crippen LogP contribution is -2.11. The van der Waals surface area contributed by atoms with Gasteiger partial charge in [-0.2, -0.15) is 0 Å². The molecule has 0 spiro atoms. The monoisotopic (exact) mass is 196 g/mol. The van der Waals surface area contributed by atoms with Gasteiger partial charge in [0, 0.05) is 18.0 Å². The molecular weight excluding hydrogens is 184 g/mol. The molecule has 1 aromatic heterocycles. The minimum atomic E-state index is 0.894. The maximum absolute atomic E-state index is 4.35. The maximum atomic E-state index is 4.35. The van der Waals surface area contributed by atoms with Crippen LogP contribution in [-0.4, -0.2) is 10.7 Å². The van der Waals surface area contributed by atoms with Gasteiger partial charge >= 0.3 is 0 Å². The standard InChI is InChI=1S/C13H12N2/c1-3-10-7-8-11-6-5-9-15-13(11)12(10)14-4-2/h3-9H,2H2,1H3/b10-3-,14-12+. The predicted octanol–water partition coefficient (Wildman–Crippen LogP) is 2.99. The topological polar surface area (TPSA) is 25.2 Å². The van der Waals surface area contributed by atoms with E-state index in [1.807, 2.05) is 31.2 Å². The van der Waals surface area contributed by atoms with Crippen LogP contribution >= 0.6 is 0 Å². The van der Waals surface area contributed by atoms with Crippen molar-refractivity contribution in [2.45, 2.75) is 6.92 Å². The third-order valence-electron chi connectivity index (χ3n) is 2.31. The largest absolute Gasteiger partial charge is 0.255 e. The van der Waals surface area contributed by atoms with Crippen molar-refractivity contribution in [2.24, 2.45) is 4.99 Å². The fourth-order valence-corrected chi connectivity index (χ4v) is 1.61. The van der Waals surface area contributed by atoms with Crippen LogP contribution in [0.3, 0.4) is 0 Å². The van der Waals surface area contributed by atoms with E-state index < -0.39 is 0 Å². The Bertz CT molecular complexity index is 479. The summed E-state index contributed by atoms with van der Waals surface area (Å²) in [7, 11) is 0. The quantitative estimate of drug-likeness (QED) is 0.677. The molecule has 0 atom stereocenters. The third-order valence-corrected chi connectivity index (χ3v) is 2.31. The highest BCUT2D eigenvalue weighted by atomic mass is 14.8. The number of aliphatic imine (C=N–C) groups is 1. The van der Waals surface area contributed by atoms with Gasteiger partial charge in [0.1, 0.15) is 0 Å². The molecule has 74 valence electrons. The summed E-state index contributed by atoms with van der Waals surface area (Å²) in [6, 6.07) is 3.96. The van der Waals surface area contributed by atoms with Gasteiger partial charge in [0.2, 0.25) is 0 Å². The van der Waals surface area contributed by atoms with Crippen molar-refractivity contribution in [3.05, 3.63) is 60.1 Å². The molecule has 2 nitrogen and oxygen atoms in total. The van der Waals surface area contributed by atoms with Crippen molar-refractivity contribution >= 4 is 11.8 Å². The molecule has 1 aromatic rings. The van der Waals surface area contributed by atoms with Crippen LogP contribution in [0.25, 0.3) is 6.08 Å². The number of hydrogen-bond donors (Lipinski definition) is 0. The summed E-state index contributed by atoms with van der Waals surface area (Å²) < 4.78 is 0. The Labute approximate surface area is 89.4 Å². The lowest BCUT2D eigenvalue weighted by Gasteiger charge is -2.13. The van der Waals surface area contributed by atoms with Gasteiger partial charge in [-0.05, 0) is 18.6 Å². The Kier molecular flexibility index (Phi) is 2.59. The average molecular weight is 196 g/mol. The van der Waals surface area contributed by atoms with Gasteiger partial charge < -0.3 is 0 Å². The minimum absolute atomic E-state index is 0.894. The number of pyridine rings is 1. The van der Waals surface area contributed by atoms with E-state index in [0.29, 0.717) is 0 Å². The summed E-state index contributed by atoms with van der Waals surface area (Å²) in [6.45, 7) is 5.62. The first-order valence-corrected chi connectivity index (χ1v) is 4.85. The molecule has 0 saturated carbocycles. The third kappa shape index (κ3) is 1.66. The van der Waals surface area contributed by atoms with Crippen LogP contribution in [0, 0.1) is 0 Å². The summed E-state index contributed by atoms with van der Waals surface area (Å²) in [5.74, 6) is 0. The summed E-state index contributed by atoms with van der Waals surface area (Å²) in [6.07, 6.45) is 9.46. The van der Waals surface area contributed by atoms with Crippen LogP contribution in [0.15, 0.2) is 53.8 Å². The first-order valence-electron chi connectivity index (χ1n) is 4.85. The van der Waals surface area contributed by atoms with Gasteiger partial charge in [-0.3, -0.25) is 9.98 Å². The SMILES string of the molecule is C=C/N=C1\C(=C/C)C=Cc2cccnc21. The van der Waals surface area contributed by atoms with E-state index >= 15 is 0 Å². The highest BCUT2D eigenvalue weighted by molar-refractivity contribution is 6.17. The smallest absolute Gasteiger partial charge is 0.0964 e. The zero-order chi connectivity index (χ0) is 10.7. The Balaban J connectivity index is 2.65. The van der Waals surface area contributed by atoms with Crippen molar-refractivity contribution in [2.75, 3.05) is 0 Å². The second-order valence-corrected chi connectivity index (χ2v) is 3.18. The van der Waals surface area contributed by atoms with E-state index in [0.717, 1.165) is 22.5 Å². The van der Waals surface area contributed by atoms with E-state index in [4.69, 9.17) is 0 Å². The van der Waals surface area contributed by atoms with Gasteiger partial charge in [-0.25, -0.2) is 0 Å². The highest BCUT2D eigenvalue weighted by Crippen LogP contribution is 2.21. The van der Waals surface area contributed by atoms with Crippen LogP contribution in [0.2, 0.25) is 0 Å². The molecule has 0 saturated heterocycles. The van der Waals surface area contributed by atoms with Gasteiger partial charge in [-0.1, -0.05) is 30.9 Å². The van der Waals surface area contributed by atoms with Gasteiger partial charge in [0.05, 0.1) is 11.4 Å². The number of rotatable bonds is 1. The molecule has 0 fully saturated rings. The number of nitrogens with zero attached hydrogens (tertiary/aromatic N) is 2. The molecule has 0 aromatic carbocycles. The molecule has 15 heavy (non-hydrogen) atoms. The summed E-state index contributed by atoms with van der Waals surface area (Å²) >= 11 is 0. The van der Waals surface area contributed by atoms with Crippen molar-refractivity contribution in [1.82, 2.24) is 4.98 Å². The first kappa shape index (κ1) is 9.59. The van der Waals surface area contributed by atoms with E-state index in [1.54, 1.807) is 12.4 Å². The average Bonchev–Trinajstić information content (AvgIpc) is 2.30. The van der Waals surface area contributed by atoms with Gasteiger partial charge in [0.25, 0.3) is 0 Å². The number of allylic oxidation sites excluding steroid dienone is 3. The number of aromatic nitrogens is 1. The van der Waals surface area contributed by atoms with E-state index in [-0.39, 0.29) is 0 Å². The normalized spacial score (nSPS) is 19.3. The molecule has 0 unspecified atom stereocenters. The van der Waals surface area contributed by atoms with Gasteiger partial charge in [-0.15, -0.1) is 0 Å². The second kappa shape index (κ2) is 4.05. The van der Waals surface area contributed by atoms with Crippen LogP contribution < -0.4 is 0 Å². The fraction of sp³-hybridized carbons (Fsp3) is 0.0769. The molecule has 0 bridgehead atoms. The minimum Gasteiger partial charge on any atom is -0.255 e. The lowest BCUT2D eigenvalue weighted by atomic mass is 9.96.